The Balaban J connectivity index is 0.00000208. The van der Waals surface area contributed by atoms with Gasteiger partial charge in [-0.05, 0) is 35.9 Å². The van der Waals surface area contributed by atoms with E-state index in [1.54, 1.807) is 36.8 Å². The normalized spacial score (nSPS) is 9.88. The van der Waals surface area contributed by atoms with Crippen LogP contribution in [0.15, 0.2) is 55.1 Å². The first-order valence-corrected chi connectivity index (χ1v) is 7.52. The van der Waals surface area contributed by atoms with E-state index in [0.717, 1.165) is 5.56 Å². The fraction of sp³-hybridized carbons (Fsp3) is 0.0588. The molecule has 1 aromatic heterocycles. The van der Waals surface area contributed by atoms with Crippen molar-refractivity contribution in [2.24, 2.45) is 0 Å². The fourth-order valence-corrected chi connectivity index (χ4v) is 2.65. The van der Waals surface area contributed by atoms with Gasteiger partial charge in [-0.3, -0.25) is 0 Å². The van der Waals surface area contributed by atoms with E-state index in [-0.39, 0.29) is 12.4 Å². The van der Waals surface area contributed by atoms with E-state index in [1.807, 2.05) is 22.9 Å². The van der Waals surface area contributed by atoms with Gasteiger partial charge in [0.15, 0.2) is 0 Å². The average molecular weight is 381 g/mol. The van der Waals surface area contributed by atoms with E-state index in [4.69, 9.17) is 27.9 Å². The zero-order valence-corrected chi connectivity index (χ0v) is 14.6. The molecular weight excluding hydrogens is 369 g/mol. The molecule has 1 heterocycles. The maximum Gasteiger partial charge on any atom is 0.145 e. The molecule has 0 aliphatic carbocycles. The summed E-state index contributed by atoms with van der Waals surface area (Å²) >= 11 is 12.0. The van der Waals surface area contributed by atoms with Crippen molar-refractivity contribution in [3.63, 3.8) is 0 Å². The molecule has 0 radical (unpaired) electrons. The third kappa shape index (κ3) is 4.42. The Bertz CT molecular complexity index is 853. The van der Waals surface area contributed by atoms with Crippen molar-refractivity contribution in [3.8, 4) is 17.6 Å². The van der Waals surface area contributed by atoms with Crippen LogP contribution in [0, 0.1) is 11.3 Å². The molecule has 0 bridgehead atoms. The van der Waals surface area contributed by atoms with E-state index >= 15 is 0 Å². The Hall–Kier alpha value is -2.19. The van der Waals surface area contributed by atoms with Crippen molar-refractivity contribution in [2.75, 3.05) is 0 Å². The smallest absolute Gasteiger partial charge is 0.145 e. The molecule has 7 heteroatoms. The lowest BCUT2D eigenvalue weighted by Crippen LogP contribution is -1.98. The molecule has 0 saturated heterocycles. The molecule has 2 aromatic carbocycles. The second-order valence-corrected chi connectivity index (χ2v) is 5.76. The molecule has 0 saturated carbocycles. The summed E-state index contributed by atoms with van der Waals surface area (Å²) in [4.78, 5) is 4.01. The second kappa shape index (κ2) is 8.07. The van der Waals surface area contributed by atoms with Gasteiger partial charge in [0.25, 0.3) is 0 Å². The molecule has 3 rings (SSSR count). The molecule has 122 valence electrons. The molecule has 4 nitrogen and oxygen atoms in total. The number of nitrogens with zero attached hydrogens (tertiary/aromatic N) is 3. The minimum Gasteiger partial charge on any atom is -0.456 e. The van der Waals surface area contributed by atoms with Crippen LogP contribution in [0.4, 0.5) is 0 Å². The molecule has 24 heavy (non-hydrogen) atoms. The van der Waals surface area contributed by atoms with Crippen molar-refractivity contribution in [3.05, 3.63) is 76.3 Å². The SMILES string of the molecule is Cl.N#Cc1ccc(Cn2ccnc2)cc1Oc1cc(Cl)cc(Cl)c1. The van der Waals surface area contributed by atoms with E-state index in [0.29, 0.717) is 33.7 Å². The lowest BCUT2D eigenvalue weighted by Gasteiger charge is -2.11. The quantitative estimate of drug-likeness (QED) is 0.615. The lowest BCUT2D eigenvalue weighted by atomic mass is 10.1. The largest absolute Gasteiger partial charge is 0.456 e. The van der Waals surface area contributed by atoms with Crippen LogP contribution >= 0.6 is 35.6 Å². The summed E-state index contributed by atoms with van der Waals surface area (Å²) in [5.74, 6) is 0.947. The van der Waals surface area contributed by atoms with Gasteiger partial charge in [0, 0.05) is 29.0 Å². The number of imidazole rings is 1. The lowest BCUT2D eigenvalue weighted by molar-refractivity contribution is 0.480. The average Bonchev–Trinajstić information content (AvgIpc) is 2.99. The monoisotopic (exact) mass is 379 g/mol. The zero-order valence-electron chi connectivity index (χ0n) is 12.3. The summed E-state index contributed by atoms with van der Waals surface area (Å²) in [6.45, 7) is 0.637. The summed E-state index contributed by atoms with van der Waals surface area (Å²) in [5.41, 5.74) is 1.43. The number of benzene rings is 2. The first-order valence-electron chi connectivity index (χ1n) is 6.77. The van der Waals surface area contributed by atoms with Crippen molar-refractivity contribution in [1.29, 1.82) is 5.26 Å². The zero-order chi connectivity index (χ0) is 16.2. The Kier molecular flexibility index (Phi) is 6.10. The van der Waals surface area contributed by atoms with E-state index in [9.17, 15) is 5.26 Å². The second-order valence-electron chi connectivity index (χ2n) is 4.88. The minimum absolute atomic E-state index is 0. The van der Waals surface area contributed by atoms with Crippen LogP contribution in [0.1, 0.15) is 11.1 Å². The van der Waals surface area contributed by atoms with Gasteiger partial charge in [0.05, 0.1) is 11.9 Å². The Morgan fingerprint density at radius 3 is 2.50 bits per heavy atom. The van der Waals surface area contributed by atoms with Crippen LogP contribution in [-0.4, -0.2) is 9.55 Å². The molecule has 0 N–H and O–H groups in total. The van der Waals surface area contributed by atoms with Crippen LogP contribution in [0.3, 0.4) is 0 Å². The molecule has 0 atom stereocenters. The van der Waals surface area contributed by atoms with Crippen LogP contribution in [-0.2, 0) is 6.54 Å². The number of hydrogen-bond donors (Lipinski definition) is 0. The van der Waals surface area contributed by atoms with Crippen LogP contribution < -0.4 is 4.74 Å². The summed E-state index contributed by atoms with van der Waals surface area (Å²) in [5, 5.41) is 10.2. The van der Waals surface area contributed by atoms with Crippen LogP contribution in [0.25, 0.3) is 0 Å². The highest BCUT2D eigenvalue weighted by molar-refractivity contribution is 6.34. The highest BCUT2D eigenvalue weighted by Gasteiger charge is 2.08. The van der Waals surface area contributed by atoms with E-state index < -0.39 is 0 Å². The summed E-state index contributed by atoms with van der Waals surface area (Å²) < 4.78 is 7.74. The van der Waals surface area contributed by atoms with Crippen molar-refractivity contribution in [2.45, 2.75) is 6.54 Å². The Morgan fingerprint density at radius 2 is 1.88 bits per heavy atom. The van der Waals surface area contributed by atoms with Crippen LogP contribution in [0.5, 0.6) is 11.5 Å². The van der Waals surface area contributed by atoms with Gasteiger partial charge in [0.2, 0.25) is 0 Å². The topological polar surface area (TPSA) is 50.8 Å². The molecule has 0 fully saturated rings. The standard InChI is InChI=1S/C17H11Cl2N3O.ClH/c18-14-6-15(19)8-16(7-14)23-17-5-12(1-2-13(17)9-20)10-22-4-3-21-11-22;/h1-8,11H,10H2;1H. The highest BCUT2D eigenvalue weighted by atomic mass is 35.5. The maximum absolute atomic E-state index is 9.26. The highest BCUT2D eigenvalue weighted by Crippen LogP contribution is 2.30. The number of hydrogen-bond acceptors (Lipinski definition) is 3. The predicted molar refractivity (Wildman–Crippen MR) is 96.3 cm³/mol. The number of nitriles is 1. The molecule has 0 unspecified atom stereocenters. The molecule has 0 amide bonds. The molecule has 3 aromatic rings. The molecule has 0 aliphatic heterocycles. The number of aromatic nitrogens is 2. The van der Waals surface area contributed by atoms with Gasteiger partial charge in [-0.1, -0.05) is 29.3 Å². The number of halogens is 3. The molecule has 0 aliphatic rings. The van der Waals surface area contributed by atoms with Gasteiger partial charge in [-0.25, -0.2) is 4.98 Å². The predicted octanol–water partition coefficient (Wildman–Crippen LogP) is 5.32. The van der Waals surface area contributed by atoms with Crippen molar-refractivity contribution < 1.29 is 4.74 Å². The third-order valence-corrected chi connectivity index (χ3v) is 3.59. The van der Waals surface area contributed by atoms with Crippen LogP contribution in [0.2, 0.25) is 10.0 Å². The van der Waals surface area contributed by atoms with Gasteiger partial charge in [-0.2, -0.15) is 5.26 Å². The summed E-state index contributed by atoms with van der Waals surface area (Å²) in [6.07, 6.45) is 5.32. The van der Waals surface area contributed by atoms with E-state index in [2.05, 4.69) is 11.1 Å². The molecular formula is C17H12Cl3N3O. The number of rotatable bonds is 4. The summed E-state index contributed by atoms with van der Waals surface area (Å²) in [6, 6.07) is 12.5. The fourth-order valence-electron chi connectivity index (χ4n) is 2.15. The van der Waals surface area contributed by atoms with Gasteiger partial charge < -0.3 is 9.30 Å². The van der Waals surface area contributed by atoms with Crippen molar-refractivity contribution in [1.82, 2.24) is 9.55 Å². The van der Waals surface area contributed by atoms with E-state index in [1.165, 1.54) is 0 Å². The number of ether oxygens (including phenoxy) is 1. The first-order chi connectivity index (χ1) is 11.1. The van der Waals surface area contributed by atoms with Crippen molar-refractivity contribution >= 4 is 35.6 Å². The van der Waals surface area contributed by atoms with Gasteiger partial charge in [0.1, 0.15) is 17.6 Å². The first kappa shape index (κ1) is 18.2. The van der Waals surface area contributed by atoms with Gasteiger partial charge >= 0.3 is 0 Å². The third-order valence-electron chi connectivity index (χ3n) is 3.15. The molecule has 0 spiro atoms. The minimum atomic E-state index is 0. The maximum atomic E-state index is 9.26. The summed E-state index contributed by atoms with van der Waals surface area (Å²) in [7, 11) is 0. The Morgan fingerprint density at radius 1 is 1.12 bits per heavy atom. The van der Waals surface area contributed by atoms with Gasteiger partial charge in [-0.15, -0.1) is 12.4 Å². The Labute approximate surface area is 155 Å².